The zero-order valence-corrected chi connectivity index (χ0v) is 17.2. The molecule has 2 aliphatic rings. The summed E-state index contributed by atoms with van der Waals surface area (Å²) in [5.41, 5.74) is -0.202. The van der Waals surface area contributed by atoms with Gasteiger partial charge in [-0.15, -0.1) is 0 Å². The highest BCUT2D eigenvalue weighted by molar-refractivity contribution is 5.97. The molecule has 2 amide bonds. The Morgan fingerprint density at radius 3 is 2.33 bits per heavy atom. The van der Waals surface area contributed by atoms with Crippen LogP contribution in [0.3, 0.4) is 0 Å². The van der Waals surface area contributed by atoms with Gasteiger partial charge in [-0.2, -0.15) is 0 Å². The topological polar surface area (TPSA) is 87.7 Å². The van der Waals surface area contributed by atoms with Crippen LogP contribution in [-0.4, -0.2) is 70.9 Å². The van der Waals surface area contributed by atoms with Crippen molar-refractivity contribution >= 4 is 17.6 Å². The number of aromatic nitrogens is 2. The smallest absolute Gasteiger partial charge is 0.286 e. The van der Waals surface area contributed by atoms with Crippen molar-refractivity contribution in [3.8, 4) is 5.75 Å². The van der Waals surface area contributed by atoms with Crippen molar-refractivity contribution in [2.45, 2.75) is 25.0 Å². The maximum absolute atomic E-state index is 14.2. The molecule has 0 radical (unpaired) electrons. The molecular formula is C20H18F5N5O3. The number of nitrogens with zero attached hydrogens (tertiary/aromatic N) is 4. The van der Waals surface area contributed by atoms with Gasteiger partial charge in [0.25, 0.3) is 11.8 Å². The van der Waals surface area contributed by atoms with Crippen LogP contribution in [0.25, 0.3) is 0 Å². The van der Waals surface area contributed by atoms with E-state index in [0.29, 0.717) is 12.1 Å². The molecular weight excluding hydrogens is 453 g/mol. The van der Waals surface area contributed by atoms with Gasteiger partial charge in [-0.1, -0.05) is 0 Å². The fourth-order valence-electron chi connectivity index (χ4n) is 3.60. The molecule has 1 aromatic heterocycles. The Kier molecular flexibility index (Phi) is 5.80. The lowest BCUT2D eigenvalue weighted by Crippen LogP contribution is -2.55. The summed E-state index contributed by atoms with van der Waals surface area (Å²) < 4.78 is 73.6. The van der Waals surface area contributed by atoms with Crippen LogP contribution in [0, 0.1) is 17.5 Å². The number of ether oxygens (including phenoxy) is 1. The molecule has 2 aliphatic heterocycles. The number of nitrogens with one attached hydrogen (secondary N) is 1. The van der Waals surface area contributed by atoms with E-state index in [9.17, 15) is 31.5 Å². The number of anilines is 1. The Morgan fingerprint density at radius 2 is 1.73 bits per heavy atom. The first-order valence-electron chi connectivity index (χ1n) is 9.86. The van der Waals surface area contributed by atoms with E-state index in [1.165, 1.54) is 12.4 Å². The third-order valence-electron chi connectivity index (χ3n) is 5.37. The van der Waals surface area contributed by atoms with Crippen molar-refractivity contribution in [2.75, 3.05) is 31.1 Å². The lowest BCUT2D eigenvalue weighted by molar-refractivity contribution is -0.129. The summed E-state index contributed by atoms with van der Waals surface area (Å²) in [6, 6.07) is -0.151. The van der Waals surface area contributed by atoms with E-state index in [1.807, 2.05) is 0 Å². The summed E-state index contributed by atoms with van der Waals surface area (Å²) >= 11 is 0. The Hall–Kier alpha value is -3.51. The summed E-state index contributed by atoms with van der Waals surface area (Å²) in [7, 11) is 0. The van der Waals surface area contributed by atoms with Crippen LogP contribution in [0.15, 0.2) is 24.5 Å². The highest BCUT2D eigenvalue weighted by atomic mass is 19.3. The van der Waals surface area contributed by atoms with Gasteiger partial charge in [-0.25, -0.2) is 31.9 Å². The number of likely N-dealkylation sites (tertiary alicyclic amines) is 1. The fraction of sp³-hybridized carbons (Fsp3) is 0.400. The molecule has 0 saturated carbocycles. The molecule has 2 aromatic rings. The van der Waals surface area contributed by atoms with Gasteiger partial charge in [-0.3, -0.25) is 9.59 Å². The number of halogens is 5. The van der Waals surface area contributed by atoms with E-state index in [2.05, 4.69) is 15.3 Å². The van der Waals surface area contributed by atoms with Crippen molar-refractivity contribution in [3.63, 3.8) is 0 Å². The maximum Gasteiger partial charge on any atom is 0.286 e. The standard InChI is InChI=1S/C20H18F5N5O3/c1-10(31)30-8-15(20(24,25)9-30)28-19(32)17-18(27-3-2-26-17)29-6-12(7-29)33-11-4-13(21)16(23)14(22)5-11/h2-5,12,15H,6-9H2,1H3,(H,28,32). The quantitative estimate of drug-likeness (QED) is 0.528. The molecule has 4 rings (SSSR count). The molecule has 0 bridgehead atoms. The second kappa shape index (κ2) is 8.45. The Bertz CT molecular complexity index is 1070. The van der Waals surface area contributed by atoms with Crippen LogP contribution in [0.2, 0.25) is 0 Å². The fourth-order valence-corrected chi connectivity index (χ4v) is 3.60. The number of carbonyl (C=O) groups excluding carboxylic acids is 2. The molecule has 1 unspecified atom stereocenters. The van der Waals surface area contributed by atoms with Crippen LogP contribution >= 0.6 is 0 Å². The molecule has 0 spiro atoms. The Balaban J connectivity index is 1.41. The highest BCUT2D eigenvalue weighted by Crippen LogP contribution is 2.29. The van der Waals surface area contributed by atoms with E-state index in [0.717, 1.165) is 11.8 Å². The molecule has 3 heterocycles. The normalized spacial score (nSPS) is 19.9. The van der Waals surface area contributed by atoms with Gasteiger partial charge in [0.2, 0.25) is 5.91 Å². The molecule has 1 atom stereocenters. The van der Waals surface area contributed by atoms with E-state index in [4.69, 9.17) is 4.74 Å². The minimum Gasteiger partial charge on any atom is -0.487 e. The van der Waals surface area contributed by atoms with Crippen molar-refractivity contribution < 1.29 is 36.3 Å². The second-order valence-corrected chi connectivity index (χ2v) is 7.76. The minimum absolute atomic E-state index is 0.107. The van der Waals surface area contributed by atoms with E-state index >= 15 is 0 Å². The van der Waals surface area contributed by atoms with Crippen LogP contribution in [-0.2, 0) is 4.79 Å². The van der Waals surface area contributed by atoms with E-state index in [1.54, 1.807) is 4.90 Å². The summed E-state index contributed by atoms with van der Waals surface area (Å²) in [6.07, 6.45) is 1.99. The number of rotatable bonds is 5. The lowest BCUT2D eigenvalue weighted by atomic mass is 10.1. The maximum atomic E-state index is 14.2. The molecule has 8 nitrogen and oxygen atoms in total. The highest BCUT2D eigenvalue weighted by Gasteiger charge is 2.50. The first-order chi connectivity index (χ1) is 15.5. The number of amides is 2. The summed E-state index contributed by atoms with van der Waals surface area (Å²) in [4.78, 5) is 34.6. The van der Waals surface area contributed by atoms with Crippen LogP contribution in [0.5, 0.6) is 5.75 Å². The predicted molar refractivity (Wildman–Crippen MR) is 103 cm³/mol. The molecule has 1 N–H and O–H groups in total. The molecule has 2 saturated heterocycles. The predicted octanol–water partition coefficient (Wildman–Crippen LogP) is 1.76. The van der Waals surface area contributed by atoms with Gasteiger partial charge in [0.1, 0.15) is 17.9 Å². The van der Waals surface area contributed by atoms with Crippen LogP contribution in [0.4, 0.5) is 27.8 Å². The van der Waals surface area contributed by atoms with Crippen LogP contribution in [0.1, 0.15) is 17.4 Å². The van der Waals surface area contributed by atoms with E-state index in [-0.39, 0.29) is 36.9 Å². The molecule has 13 heteroatoms. The Morgan fingerprint density at radius 1 is 1.09 bits per heavy atom. The van der Waals surface area contributed by atoms with Crippen molar-refractivity contribution in [1.82, 2.24) is 20.2 Å². The first-order valence-corrected chi connectivity index (χ1v) is 9.86. The van der Waals surface area contributed by atoms with Gasteiger partial charge in [0, 0.05) is 38.0 Å². The molecule has 2 fully saturated rings. The molecule has 1 aromatic carbocycles. The average molecular weight is 471 g/mol. The zero-order chi connectivity index (χ0) is 23.9. The zero-order valence-electron chi connectivity index (χ0n) is 17.2. The number of hydrogen-bond donors (Lipinski definition) is 1. The summed E-state index contributed by atoms with van der Waals surface area (Å²) in [5.74, 6) is -9.20. The second-order valence-electron chi connectivity index (χ2n) is 7.76. The molecule has 0 aliphatic carbocycles. The number of hydrogen-bond acceptors (Lipinski definition) is 6. The first kappa shape index (κ1) is 22.7. The lowest BCUT2D eigenvalue weighted by Gasteiger charge is -2.40. The molecule has 176 valence electrons. The number of alkyl halides is 2. The van der Waals surface area contributed by atoms with Gasteiger partial charge < -0.3 is 19.9 Å². The van der Waals surface area contributed by atoms with Gasteiger partial charge in [0.05, 0.1) is 19.6 Å². The van der Waals surface area contributed by atoms with Crippen molar-refractivity contribution in [1.29, 1.82) is 0 Å². The third kappa shape index (κ3) is 4.52. The summed E-state index contributed by atoms with van der Waals surface area (Å²) in [6.45, 7) is 0.330. The van der Waals surface area contributed by atoms with E-state index < -0.39 is 53.9 Å². The third-order valence-corrected chi connectivity index (χ3v) is 5.37. The monoisotopic (exact) mass is 471 g/mol. The van der Waals surface area contributed by atoms with Crippen LogP contribution < -0.4 is 15.0 Å². The van der Waals surface area contributed by atoms with Gasteiger partial charge in [-0.05, 0) is 0 Å². The SMILES string of the molecule is CC(=O)N1CC(NC(=O)c2nccnc2N2CC(Oc3cc(F)c(F)c(F)c3)C2)C(F)(F)C1. The number of benzene rings is 1. The van der Waals surface area contributed by atoms with Gasteiger partial charge >= 0.3 is 0 Å². The van der Waals surface area contributed by atoms with Gasteiger partial charge in [0.15, 0.2) is 29.0 Å². The minimum atomic E-state index is -3.31. The van der Waals surface area contributed by atoms with Crippen molar-refractivity contribution in [2.24, 2.45) is 0 Å². The Labute approximate surface area is 184 Å². The number of carbonyl (C=O) groups is 2. The average Bonchev–Trinajstić information content (AvgIpc) is 3.03. The molecule has 33 heavy (non-hydrogen) atoms. The van der Waals surface area contributed by atoms with Crippen molar-refractivity contribution in [3.05, 3.63) is 47.7 Å². The summed E-state index contributed by atoms with van der Waals surface area (Å²) in [5, 5.41) is 2.22. The largest absolute Gasteiger partial charge is 0.487 e.